The number of anilines is 2. The van der Waals surface area contributed by atoms with E-state index in [9.17, 15) is 18.0 Å². The van der Waals surface area contributed by atoms with Crippen LogP contribution in [-0.4, -0.2) is 21.9 Å². The monoisotopic (exact) mass is 425 g/mol. The van der Waals surface area contributed by atoms with E-state index < -0.39 is 24.2 Å². The molecule has 1 aliphatic rings. The maximum atomic E-state index is 13.8. The number of halogens is 3. The lowest BCUT2D eigenvalue weighted by molar-refractivity contribution is -0.173. The molecule has 2 aromatic carbocycles. The van der Waals surface area contributed by atoms with Gasteiger partial charge in [-0.25, -0.2) is 4.68 Å². The van der Waals surface area contributed by atoms with E-state index in [1.165, 1.54) is 30.3 Å². The first-order chi connectivity index (χ1) is 14.7. The largest absolute Gasteiger partial charge is 0.410 e. The number of carbonyl (C=O) groups is 1. The van der Waals surface area contributed by atoms with Crippen molar-refractivity contribution >= 4 is 17.4 Å². The van der Waals surface area contributed by atoms with Gasteiger partial charge in [0, 0.05) is 18.2 Å². The van der Waals surface area contributed by atoms with E-state index >= 15 is 0 Å². The number of nitrogens with one attached hydrogen (secondary N) is 2. The molecule has 0 bridgehead atoms. The summed E-state index contributed by atoms with van der Waals surface area (Å²) in [6, 6.07) is 14.3. The zero-order valence-electron chi connectivity index (χ0n) is 16.4. The summed E-state index contributed by atoms with van der Waals surface area (Å²) in [4.78, 5) is 12.6. The number of aryl methyl sites for hydroxylation is 1. The molecule has 2 atom stereocenters. The van der Waals surface area contributed by atoms with Gasteiger partial charge in [0.05, 0.1) is 17.7 Å². The maximum absolute atomic E-state index is 13.8. The molecule has 0 radical (unpaired) electrons. The molecule has 158 valence electrons. The van der Waals surface area contributed by atoms with Crippen LogP contribution in [0, 0.1) is 18.3 Å². The van der Waals surface area contributed by atoms with E-state index in [-0.39, 0.29) is 17.9 Å². The first-order valence-corrected chi connectivity index (χ1v) is 9.55. The highest BCUT2D eigenvalue weighted by atomic mass is 19.4. The highest BCUT2D eigenvalue weighted by Gasteiger charge is 2.46. The van der Waals surface area contributed by atoms with Gasteiger partial charge in [0.15, 0.2) is 11.7 Å². The number of carbonyl (C=O) groups excluding carboxylic acids is 1. The Morgan fingerprint density at radius 1 is 1.19 bits per heavy atom. The summed E-state index contributed by atoms with van der Waals surface area (Å²) in [5.41, 5.74) is 2.45. The van der Waals surface area contributed by atoms with Crippen LogP contribution in [0.25, 0.3) is 0 Å². The first-order valence-electron chi connectivity index (χ1n) is 9.55. The molecule has 9 heteroatoms. The number of benzene rings is 2. The fourth-order valence-corrected chi connectivity index (χ4v) is 3.53. The smallest absolute Gasteiger partial charge is 0.363 e. The lowest BCUT2D eigenvalue weighted by Gasteiger charge is -2.33. The molecule has 1 amide bonds. The van der Waals surface area contributed by atoms with Gasteiger partial charge in [0.1, 0.15) is 5.82 Å². The third-order valence-corrected chi connectivity index (χ3v) is 5.17. The molecule has 6 nitrogen and oxygen atoms in total. The van der Waals surface area contributed by atoms with Crippen LogP contribution in [0.15, 0.2) is 54.6 Å². The van der Waals surface area contributed by atoms with Crippen molar-refractivity contribution in [3.63, 3.8) is 0 Å². The normalized spacial score (nSPS) is 17.9. The van der Waals surface area contributed by atoms with E-state index in [4.69, 9.17) is 5.26 Å². The van der Waals surface area contributed by atoms with Gasteiger partial charge in [-0.2, -0.15) is 23.5 Å². The van der Waals surface area contributed by atoms with E-state index in [2.05, 4.69) is 15.7 Å². The number of amides is 1. The lowest BCUT2D eigenvalue weighted by atomic mass is 9.96. The fourth-order valence-electron chi connectivity index (χ4n) is 3.53. The van der Waals surface area contributed by atoms with Crippen LogP contribution in [0.2, 0.25) is 0 Å². The number of alkyl halides is 3. The summed E-state index contributed by atoms with van der Waals surface area (Å²) in [7, 11) is 0. The molecule has 0 saturated heterocycles. The van der Waals surface area contributed by atoms with Crippen molar-refractivity contribution < 1.29 is 18.0 Å². The summed E-state index contributed by atoms with van der Waals surface area (Å²) < 4.78 is 42.2. The fraction of sp³-hybridized carbons (Fsp3) is 0.227. The van der Waals surface area contributed by atoms with Crippen LogP contribution in [0.3, 0.4) is 0 Å². The lowest BCUT2D eigenvalue weighted by Crippen LogP contribution is -2.35. The van der Waals surface area contributed by atoms with Crippen LogP contribution < -0.4 is 10.6 Å². The summed E-state index contributed by atoms with van der Waals surface area (Å²) in [6.45, 7) is 1.91. The molecule has 0 aliphatic carbocycles. The minimum absolute atomic E-state index is 0.129. The maximum Gasteiger partial charge on any atom is 0.410 e. The predicted octanol–water partition coefficient (Wildman–Crippen LogP) is 4.98. The molecule has 0 saturated carbocycles. The van der Waals surface area contributed by atoms with Crippen molar-refractivity contribution in [3.8, 4) is 6.07 Å². The van der Waals surface area contributed by atoms with E-state index in [0.29, 0.717) is 11.3 Å². The van der Waals surface area contributed by atoms with Gasteiger partial charge in [-0.15, -0.1) is 0 Å². The molecule has 0 spiro atoms. The van der Waals surface area contributed by atoms with Crippen LogP contribution in [0.4, 0.5) is 24.7 Å². The summed E-state index contributed by atoms with van der Waals surface area (Å²) in [5, 5.41) is 18.4. The molecule has 4 rings (SSSR count). The third-order valence-electron chi connectivity index (χ3n) is 5.17. The molecule has 1 aliphatic heterocycles. The number of rotatable bonds is 3. The van der Waals surface area contributed by atoms with Crippen molar-refractivity contribution in [1.29, 1.82) is 5.26 Å². The Bertz CT molecular complexity index is 1140. The zero-order chi connectivity index (χ0) is 22.2. The minimum atomic E-state index is -4.52. The van der Waals surface area contributed by atoms with Crippen LogP contribution in [0.1, 0.15) is 45.7 Å². The Kier molecular flexibility index (Phi) is 5.15. The second-order valence-electron chi connectivity index (χ2n) is 7.40. The third kappa shape index (κ3) is 4.23. The zero-order valence-corrected chi connectivity index (χ0v) is 16.4. The first kappa shape index (κ1) is 20.5. The number of hydrogen-bond donors (Lipinski definition) is 2. The summed E-state index contributed by atoms with van der Waals surface area (Å²) in [5.74, 6) is -0.509. The van der Waals surface area contributed by atoms with Gasteiger partial charge in [0.25, 0.3) is 5.91 Å². The number of nitrogens with zero attached hydrogens (tertiary/aromatic N) is 3. The second kappa shape index (κ2) is 7.80. The molecule has 1 aromatic heterocycles. The highest BCUT2D eigenvalue weighted by molar-refractivity contribution is 6.03. The molecular weight excluding hydrogens is 407 g/mol. The molecule has 3 aromatic rings. The summed E-state index contributed by atoms with van der Waals surface area (Å²) >= 11 is 0. The van der Waals surface area contributed by atoms with E-state index in [1.807, 2.05) is 25.1 Å². The Balaban J connectivity index is 1.62. The Morgan fingerprint density at radius 3 is 2.48 bits per heavy atom. The minimum Gasteiger partial charge on any atom is -0.363 e. The van der Waals surface area contributed by atoms with Gasteiger partial charge >= 0.3 is 6.18 Å². The van der Waals surface area contributed by atoms with E-state index in [1.54, 1.807) is 12.1 Å². The van der Waals surface area contributed by atoms with Crippen LogP contribution in [-0.2, 0) is 0 Å². The molecule has 0 unspecified atom stereocenters. The molecular formula is C22H18F3N5O. The SMILES string of the molecule is Cc1ccc([C@@H]2C[C@@H](C(F)(F)F)n3nc(C(=O)Nc4ccc(C#N)cc4)cc3N2)cc1. The molecule has 31 heavy (non-hydrogen) atoms. The van der Waals surface area contributed by atoms with Crippen LogP contribution >= 0.6 is 0 Å². The van der Waals surface area contributed by atoms with Crippen molar-refractivity contribution in [1.82, 2.24) is 9.78 Å². The second-order valence-corrected chi connectivity index (χ2v) is 7.40. The van der Waals surface area contributed by atoms with Gasteiger partial charge in [0.2, 0.25) is 0 Å². The van der Waals surface area contributed by atoms with Gasteiger partial charge < -0.3 is 10.6 Å². The van der Waals surface area contributed by atoms with Crippen molar-refractivity contribution in [3.05, 3.63) is 77.0 Å². The van der Waals surface area contributed by atoms with Gasteiger partial charge in [-0.1, -0.05) is 29.8 Å². The standard InChI is InChI=1S/C22H18F3N5O/c1-13-2-6-15(7-3-13)17-10-19(22(23,24)25)30-20(28-17)11-18(29-30)21(31)27-16-8-4-14(12-26)5-9-16/h2-9,11,17,19,28H,10H2,1H3,(H,27,31)/t17-,19-/m0/s1. The Labute approximate surface area is 176 Å². The van der Waals surface area contributed by atoms with Crippen molar-refractivity contribution in [2.24, 2.45) is 0 Å². The molecule has 2 heterocycles. The Hall–Kier alpha value is -3.80. The molecule has 0 fully saturated rings. The van der Waals surface area contributed by atoms with Crippen molar-refractivity contribution in [2.45, 2.75) is 31.6 Å². The number of fused-ring (bicyclic) bond motifs is 1. The van der Waals surface area contributed by atoms with E-state index in [0.717, 1.165) is 15.8 Å². The summed E-state index contributed by atoms with van der Waals surface area (Å²) in [6.07, 6.45) is -4.76. The molecule has 2 N–H and O–H groups in total. The van der Waals surface area contributed by atoms with Gasteiger partial charge in [-0.05, 0) is 36.8 Å². The number of hydrogen-bond acceptors (Lipinski definition) is 4. The highest BCUT2D eigenvalue weighted by Crippen LogP contribution is 2.43. The topological polar surface area (TPSA) is 82.7 Å². The average molecular weight is 425 g/mol. The number of aromatic nitrogens is 2. The quantitative estimate of drug-likeness (QED) is 0.620. The van der Waals surface area contributed by atoms with Crippen LogP contribution in [0.5, 0.6) is 0 Å². The van der Waals surface area contributed by atoms with Gasteiger partial charge in [-0.3, -0.25) is 4.79 Å². The Morgan fingerprint density at radius 2 is 1.87 bits per heavy atom. The number of nitriles is 1. The predicted molar refractivity (Wildman–Crippen MR) is 109 cm³/mol. The van der Waals surface area contributed by atoms with Crippen molar-refractivity contribution in [2.75, 3.05) is 10.6 Å². The average Bonchev–Trinajstić information content (AvgIpc) is 3.17.